The lowest BCUT2D eigenvalue weighted by Crippen LogP contribution is -2.25. The number of nitrogens with zero attached hydrogens (tertiary/aromatic N) is 2. The summed E-state index contributed by atoms with van der Waals surface area (Å²) in [4.78, 5) is 43.4. The first-order valence-electron chi connectivity index (χ1n) is 11.8. The monoisotopic (exact) mass is 498 g/mol. The summed E-state index contributed by atoms with van der Waals surface area (Å²) in [6, 6.07) is 20.2. The highest BCUT2D eigenvalue weighted by Crippen LogP contribution is 2.25. The van der Waals surface area contributed by atoms with Crippen molar-refractivity contribution in [3.05, 3.63) is 93.8 Å². The van der Waals surface area contributed by atoms with E-state index in [0.29, 0.717) is 27.3 Å². The van der Waals surface area contributed by atoms with Crippen molar-refractivity contribution in [1.82, 2.24) is 14.9 Å². The highest BCUT2D eigenvalue weighted by atomic mass is 32.2. The molecule has 1 aromatic heterocycles. The minimum absolute atomic E-state index is 0.0497. The molecule has 0 atom stereocenters. The van der Waals surface area contributed by atoms with Crippen LogP contribution >= 0.6 is 11.8 Å². The van der Waals surface area contributed by atoms with Gasteiger partial charge in [0.05, 0.1) is 22.3 Å². The van der Waals surface area contributed by atoms with Crippen molar-refractivity contribution in [2.75, 3.05) is 11.1 Å². The second-order valence-corrected chi connectivity index (χ2v) is 9.88. The molecule has 1 fully saturated rings. The van der Waals surface area contributed by atoms with E-state index in [1.54, 1.807) is 41.0 Å². The fourth-order valence-corrected chi connectivity index (χ4v) is 4.77. The number of benzene rings is 3. The molecule has 3 aromatic carbocycles. The van der Waals surface area contributed by atoms with Gasteiger partial charge in [-0.3, -0.25) is 19.0 Å². The number of hydrogen-bond donors (Lipinski definition) is 2. The van der Waals surface area contributed by atoms with Crippen LogP contribution in [0.5, 0.6) is 0 Å². The number of carbonyl (C=O) groups excluding carboxylic acids is 2. The zero-order valence-corrected chi connectivity index (χ0v) is 20.9. The Balaban J connectivity index is 1.39. The number of anilines is 1. The third-order valence-electron chi connectivity index (χ3n) is 6.22. The highest BCUT2D eigenvalue weighted by Gasteiger charge is 2.24. The first-order chi connectivity index (χ1) is 17.4. The van der Waals surface area contributed by atoms with Gasteiger partial charge in [-0.2, -0.15) is 0 Å². The molecular formula is C28H26N4O3S. The number of rotatable bonds is 7. The van der Waals surface area contributed by atoms with Gasteiger partial charge >= 0.3 is 0 Å². The number of aromatic nitrogens is 2. The van der Waals surface area contributed by atoms with Crippen LogP contribution in [0.25, 0.3) is 16.6 Å². The van der Waals surface area contributed by atoms with Crippen molar-refractivity contribution in [1.29, 1.82) is 0 Å². The Morgan fingerprint density at radius 1 is 1.03 bits per heavy atom. The molecule has 8 heteroatoms. The first kappa shape index (κ1) is 23.8. The third-order valence-corrected chi connectivity index (χ3v) is 7.15. The molecule has 1 aliphatic carbocycles. The predicted octanol–water partition coefficient (Wildman–Crippen LogP) is 4.63. The van der Waals surface area contributed by atoms with E-state index >= 15 is 0 Å². The van der Waals surface area contributed by atoms with Gasteiger partial charge in [-0.25, -0.2) is 4.98 Å². The summed E-state index contributed by atoms with van der Waals surface area (Å²) in [6.07, 6.45) is 2.02. The van der Waals surface area contributed by atoms with Gasteiger partial charge in [0.2, 0.25) is 5.91 Å². The summed E-state index contributed by atoms with van der Waals surface area (Å²) < 4.78 is 1.59. The Morgan fingerprint density at radius 3 is 2.61 bits per heavy atom. The summed E-state index contributed by atoms with van der Waals surface area (Å²) in [5.41, 5.74) is 4.24. The second-order valence-electron chi connectivity index (χ2n) is 8.94. The zero-order chi connectivity index (χ0) is 25.2. The molecule has 0 aliphatic heterocycles. The summed E-state index contributed by atoms with van der Waals surface area (Å²) in [5.74, 6) is -0.343. The van der Waals surface area contributed by atoms with Crippen LogP contribution in [-0.2, 0) is 4.79 Å². The Hall–Kier alpha value is -3.91. The molecule has 0 bridgehead atoms. The number of aryl methyl sites for hydroxylation is 1. The van der Waals surface area contributed by atoms with Gasteiger partial charge in [0.15, 0.2) is 5.16 Å². The minimum atomic E-state index is -0.255. The topological polar surface area (TPSA) is 93.1 Å². The van der Waals surface area contributed by atoms with Gasteiger partial charge in [0.25, 0.3) is 11.5 Å². The summed E-state index contributed by atoms with van der Waals surface area (Å²) >= 11 is 1.20. The third kappa shape index (κ3) is 5.04. The quantitative estimate of drug-likeness (QED) is 0.286. The van der Waals surface area contributed by atoms with Crippen LogP contribution in [0.15, 0.2) is 76.7 Å². The van der Waals surface area contributed by atoms with E-state index in [-0.39, 0.29) is 29.2 Å². The average Bonchev–Trinajstić information content (AvgIpc) is 3.69. The Labute approximate surface area is 212 Å². The summed E-state index contributed by atoms with van der Waals surface area (Å²) in [7, 11) is 0. The lowest BCUT2D eigenvalue weighted by molar-refractivity contribution is -0.113. The van der Waals surface area contributed by atoms with E-state index in [9.17, 15) is 14.4 Å². The number of para-hydroxylation sites is 1. The normalized spacial score (nSPS) is 12.9. The molecule has 1 heterocycles. The lowest BCUT2D eigenvalue weighted by atomic mass is 10.1. The fraction of sp³-hybridized carbons (Fsp3) is 0.214. The molecule has 2 N–H and O–H groups in total. The van der Waals surface area contributed by atoms with Gasteiger partial charge in [0, 0.05) is 17.3 Å². The van der Waals surface area contributed by atoms with Crippen LogP contribution in [0, 0.1) is 13.8 Å². The van der Waals surface area contributed by atoms with Crippen molar-refractivity contribution in [2.45, 2.75) is 37.9 Å². The van der Waals surface area contributed by atoms with Gasteiger partial charge < -0.3 is 10.6 Å². The maximum absolute atomic E-state index is 13.5. The van der Waals surface area contributed by atoms with Gasteiger partial charge in [-0.1, -0.05) is 42.1 Å². The number of hydrogen-bond acceptors (Lipinski definition) is 5. The molecular weight excluding hydrogens is 472 g/mol. The lowest BCUT2D eigenvalue weighted by Gasteiger charge is -2.16. The number of carbonyl (C=O) groups is 2. The molecule has 182 valence electrons. The highest BCUT2D eigenvalue weighted by molar-refractivity contribution is 7.99. The van der Waals surface area contributed by atoms with Crippen LogP contribution in [0.2, 0.25) is 0 Å². The van der Waals surface area contributed by atoms with Crippen molar-refractivity contribution in [3.63, 3.8) is 0 Å². The van der Waals surface area contributed by atoms with Crippen molar-refractivity contribution in [2.24, 2.45) is 0 Å². The molecule has 2 amide bonds. The molecule has 0 spiro atoms. The number of amides is 2. The molecule has 36 heavy (non-hydrogen) atoms. The summed E-state index contributed by atoms with van der Waals surface area (Å²) in [5, 5.41) is 6.77. The second kappa shape index (κ2) is 9.99. The Bertz CT molecular complexity index is 1540. The van der Waals surface area contributed by atoms with Gasteiger partial charge in [0.1, 0.15) is 0 Å². The SMILES string of the molecule is Cc1cccc(-n2c(SCC(=O)Nc3cccc(C(=O)NC4CC4)c3)nc3ccccc3c2=O)c1C. The van der Waals surface area contributed by atoms with Crippen LogP contribution in [0.4, 0.5) is 5.69 Å². The van der Waals surface area contributed by atoms with Gasteiger partial charge in [-0.05, 0) is 74.2 Å². The molecule has 0 radical (unpaired) electrons. The number of fused-ring (bicyclic) bond motifs is 1. The minimum Gasteiger partial charge on any atom is -0.349 e. The molecule has 1 aliphatic rings. The van der Waals surface area contributed by atoms with Crippen molar-refractivity contribution in [3.8, 4) is 5.69 Å². The predicted molar refractivity (Wildman–Crippen MR) is 143 cm³/mol. The smallest absolute Gasteiger partial charge is 0.266 e. The molecule has 5 rings (SSSR count). The maximum atomic E-state index is 13.5. The van der Waals surface area contributed by atoms with Gasteiger partial charge in [-0.15, -0.1) is 0 Å². The first-order valence-corrected chi connectivity index (χ1v) is 12.8. The Morgan fingerprint density at radius 2 is 1.81 bits per heavy atom. The average molecular weight is 499 g/mol. The van der Waals surface area contributed by atoms with E-state index in [1.807, 2.05) is 44.2 Å². The number of thioether (sulfide) groups is 1. The van der Waals surface area contributed by atoms with Crippen molar-refractivity contribution < 1.29 is 9.59 Å². The van der Waals surface area contributed by atoms with Crippen LogP contribution < -0.4 is 16.2 Å². The molecule has 4 aromatic rings. The largest absolute Gasteiger partial charge is 0.349 e. The van der Waals surface area contributed by atoms with E-state index in [4.69, 9.17) is 4.98 Å². The zero-order valence-electron chi connectivity index (χ0n) is 20.1. The van der Waals surface area contributed by atoms with Crippen LogP contribution in [-0.4, -0.2) is 33.2 Å². The fourth-order valence-electron chi connectivity index (χ4n) is 3.96. The molecule has 0 unspecified atom stereocenters. The Kier molecular flexibility index (Phi) is 6.61. The molecule has 0 saturated heterocycles. The van der Waals surface area contributed by atoms with E-state index in [1.165, 1.54) is 11.8 Å². The van der Waals surface area contributed by atoms with Crippen molar-refractivity contribution >= 4 is 40.2 Å². The molecule has 7 nitrogen and oxygen atoms in total. The van der Waals surface area contributed by atoms with E-state index in [0.717, 1.165) is 29.7 Å². The number of nitrogens with one attached hydrogen (secondary N) is 2. The standard InChI is InChI=1S/C28H26N4O3S/c1-17-7-5-12-24(18(17)2)32-27(35)22-10-3-4-11-23(22)31-28(32)36-16-25(33)29-21-9-6-8-19(15-21)26(34)30-20-13-14-20/h3-12,15,20H,13-14,16H2,1-2H3,(H,29,33)(H,30,34). The van der Waals surface area contributed by atoms with E-state index in [2.05, 4.69) is 10.6 Å². The maximum Gasteiger partial charge on any atom is 0.266 e. The molecule has 1 saturated carbocycles. The van der Waals surface area contributed by atoms with Crippen LogP contribution in [0.3, 0.4) is 0 Å². The van der Waals surface area contributed by atoms with E-state index < -0.39 is 0 Å². The van der Waals surface area contributed by atoms with Crippen LogP contribution in [0.1, 0.15) is 34.3 Å². The summed E-state index contributed by atoms with van der Waals surface area (Å²) in [6.45, 7) is 3.97.